The van der Waals surface area contributed by atoms with Gasteiger partial charge in [-0.3, -0.25) is 15.2 Å². The van der Waals surface area contributed by atoms with Crippen LogP contribution in [-0.4, -0.2) is 39.7 Å². The maximum absolute atomic E-state index is 11.5. The van der Waals surface area contributed by atoms with Crippen LogP contribution in [0.5, 0.6) is 11.5 Å². The molecule has 0 saturated heterocycles. The number of nitro groups is 1. The van der Waals surface area contributed by atoms with E-state index in [0.717, 1.165) is 12.8 Å². The Labute approximate surface area is 162 Å². The molecule has 9 nitrogen and oxygen atoms in total. The Morgan fingerprint density at radius 1 is 1.48 bits per heavy atom. The van der Waals surface area contributed by atoms with Crippen LogP contribution in [0.3, 0.4) is 0 Å². The topological polar surface area (TPSA) is 108 Å². The second-order valence-corrected chi connectivity index (χ2v) is 6.52. The van der Waals surface area contributed by atoms with Gasteiger partial charge in [0, 0.05) is 17.5 Å². The molecule has 0 radical (unpaired) electrons. The van der Waals surface area contributed by atoms with Crippen molar-refractivity contribution in [2.24, 2.45) is 5.10 Å². The molecule has 0 spiro atoms. The third-order valence-electron chi connectivity index (χ3n) is 3.73. The van der Waals surface area contributed by atoms with Gasteiger partial charge in [0.05, 0.1) is 24.9 Å². The summed E-state index contributed by atoms with van der Waals surface area (Å²) in [5.74, 6) is 1.17. The van der Waals surface area contributed by atoms with E-state index in [0.29, 0.717) is 22.8 Å². The molecule has 10 heteroatoms. The summed E-state index contributed by atoms with van der Waals surface area (Å²) in [7, 11) is 1.44. The zero-order valence-corrected chi connectivity index (χ0v) is 16.6. The lowest BCUT2D eigenvalue weighted by Crippen LogP contribution is -2.04. The summed E-state index contributed by atoms with van der Waals surface area (Å²) >= 11 is 5.18. The zero-order valence-electron chi connectivity index (χ0n) is 15.8. The van der Waals surface area contributed by atoms with Crippen molar-refractivity contribution in [1.29, 1.82) is 0 Å². The minimum absolute atomic E-state index is 0.105. The Morgan fingerprint density at radius 2 is 2.22 bits per heavy atom. The Morgan fingerprint density at radius 3 is 2.81 bits per heavy atom. The van der Waals surface area contributed by atoms with Crippen LogP contribution in [0.25, 0.3) is 0 Å². The number of methoxy groups -OCH3 is 1. The fourth-order valence-corrected chi connectivity index (χ4v) is 2.53. The van der Waals surface area contributed by atoms with E-state index in [1.165, 1.54) is 24.1 Å². The first-order chi connectivity index (χ1) is 12.9. The highest BCUT2D eigenvalue weighted by molar-refractivity contribution is 7.71. The summed E-state index contributed by atoms with van der Waals surface area (Å²) in [6.07, 6.45) is 3.19. The van der Waals surface area contributed by atoms with E-state index in [2.05, 4.69) is 15.3 Å². The average Bonchev–Trinajstić information content (AvgIpc) is 3.01. The second kappa shape index (κ2) is 9.26. The molecule has 27 heavy (non-hydrogen) atoms. The third-order valence-corrected chi connectivity index (χ3v) is 4.00. The molecule has 146 valence electrons. The third kappa shape index (κ3) is 4.91. The van der Waals surface area contributed by atoms with Gasteiger partial charge >= 0.3 is 5.69 Å². The Bertz CT molecular complexity index is 888. The van der Waals surface area contributed by atoms with E-state index in [1.54, 1.807) is 6.07 Å². The van der Waals surface area contributed by atoms with Gasteiger partial charge < -0.3 is 9.47 Å². The van der Waals surface area contributed by atoms with Crippen LogP contribution in [-0.2, 0) is 0 Å². The lowest BCUT2D eigenvalue weighted by molar-refractivity contribution is -0.386. The fraction of sp³-hybridized carbons (Fsp3) is 0.471. The number of aromatic nitrogens is 3. The normalized spacial score (nSPS) is 11.3. The lowest BCUT2D eigenvalue weighted by atomic mass is 10.2. The smallest absolute Gasteiger partial charge is 0.315 e. The molecule has 1 aromatic heterocycles. The molecule has 0 atom stereocenters. The maximum atomic E-state index is 11.5. The van der Waals surface area contributed by atoms with E-state index in [-0.39, 0.29) is 23.1 Å². The van der Waals surface area contributed by atoms with E-state index >= 15 is 0 Å². The monoisotopic (exact) mass is 393 g/mol. The zero-order chi connectivity index (χ0) is 20.0. The van der Waals surface area contributed by atoms with Crippen molar-refractivity contribution in [2.75, 3.05) is 13.7 Å². The van der Waals surface area contributed by atoms with Gasteiger partial charge in [-0.1, -0.05) is 27.2 Å². The van der Waals surface area contributed by atoms with Gasteiger partial charge in [-0.05, 0) is 24.7 Å². The molecular weight excluding hydrogens is 370 g/mol. The Hall–Kier alpha value is -2.75. The number of nitrogens with one attached hydrogen (secondary N) is 1. The minimum Gasteiger partial charge on any atom is -0.493 e. The molecule has 0 fully saturated rings. The number of benzene rings is 1. The predicted octanol–water partition coefficient (Wildman–Crippen LogP) is 4.04. The quantitative estimate of drug-likeness (QED) is 0.226. The highest BCUT2D eigenvalue weighted by Gasteiger charge is 2.22. The number of rotatable bonds is 9. The first kappa shape index (κ1) is 20.6. The summed E-state index contributed by atoms with van der Waals surface area (Å²) in [6, 6.07) is 3.03. The van der Waals surface area contributed by atoms with Crippen molar-refractivity contribution >= 4 is 24.1 Å². The van der Waals surface area contributed by atoms with Crippen molar-refractivity contribution < 1.29 is 14.4 Å². The van der Waals surface area contributed by atoms with Gasteiger partial charge in [-0.2, -0.15) is 14.9 Å². The fourth-order valence-electron chi connectivity index (χ4n) is 2.35. The SMILES string of the molecule is CCCCOc1c(OC)cc(/C=N\n2c(C(C)C)n[nH]c2=S)cc1[N+](=O)[O-]. The van der Waals surface area contributed by atoms with Crippen molar-refractivity contribution in [1.82, 2.24) is 14.9 Å². The number of hydrogen-bond donors (Lipinski definition) is 1. The van der Waals surface area contributed by atoms with Crippen molar-refractivity contribution in [3.63, 3.8) is 0 Å². The van der Waals surface area contributed by atoms with Crippen LogP contribution in [0.2, 0.25) is 0 Å². The van der Waals surface area contributed by atoms with Crippen LogP contribution in [0.15, 0.2) is 17.2 Å². The van der Waals surface area contributed by atoms with Crippen LogP contribution >= 0.6 is 12.2 Å². The first-order valence-corrected chi connectivity index (χ1v) is 9.00. The minimum atomic E-state index is -0.496. The number of unbranched alkanes of at least 4 members (excludes halogenated alkanes) is 1. The standard InChI is InChI=1S/C17H23N5O4S/c1-5-6-7-26-15-13(22(23)24)8-12(9-14(15)25-4)10-18-21-16(11(2)3)19-20-17(21)27/h8-11H,5-7H2,1-4H3,(H,20,27)/b18-10-. The van der Waals surface area contributed by atoms with Gasteiger partial charge in [-0.15, -0.1) is 0 Å². The molecule has 1 N–H and O–H groups in total. The highest BCUT2D eigenvalue weighted by Crippen LogP contribution is 2.38. The number of ether oxygens (including phenoxy) is 2. The Balaban J connectivity index is 2.43. The number of nitro benzene ring substituents is 1. The van der Waals surface area contributed by atoms with Crippen molar-refractivity contribution in [3.05, 3.63) is 38.4 Å². The molecule has 0 aliphatic carbocycles. The molecule has 0 saturated carbocycles. The second-order valence-electron chi connectivity index (χ2n) is 6.13. The van der Waals surface area contributed by atoms with Gasteiger partial charge in [0.1, 0.15) is 0 Å². The summed E-state index contributed by atoms with van der Waals surface area (Å²) in [4.78, 5) is 11.0. The van der Waals surface area contributed by atoms with E-state index in [9.17, 15) is 10.1 Å². The largest absolute Gasteiger partial charge is 0.493 e. The van der Waals surface area contributed by atoms with Crippen LogP contribution in [0.4, 0.5) is 5.69 Å². The molecule has 0 aliphatic rings. The predicted molar refractivity (Wildman–Crippen MR) is 105 cm³/mol. The summed E-state index contributed by atoms with van der Waals surface area (Å²) in [6.45, 7) is 6.32. The molecular formula is C17H23N5O4S. The highest BCUT2D eigenvalue weighted by atomic mass is 32.1. The van der Waals surface area contributed by atoms with Crippen LogP contribution in [0, 0.1) is 14.9 Å². The van der Waals surface area contributed by atoms with Crippen LogP contribution < -0.4 is 9.47 Å². The van der Waals surface area contributed by atoms with Crippen LogP contribution in [0.1, 0.15) is 50.9 Å². The number of aromatic amines is 1. The van der Waals surface area contributed by atoms with Gasteiger partial charge in [0.2, 0.25) is 10.5 Å². The number of hydrogen-bond acceptors (Lipinski definition) is 7. The maximum Gasteiger partial charge on any atom is 0.315 e. The molecule has 0 bridgehead atoms. The molecule has 0 unspecified atom stereocenters. The number of nitrogens with zero attached hydrogens (tertiary/aromatic N) is 4. The summed E-state index contributed by atoms with van der Waals surface area (Å²) < 4.78 is 12.7. The molecule has 0 amide bonds. The van der Waals surface area contributed by atoms with Gasteiger partial charge in [0.15, 0.2) is 11.6 Å². The van der Waals surface area contributed by atoms with Gasteiger partial charge in [-0.25, -0.2) is 0 Å². The van der Waals surface area contributed by atoms with E-state index in [1.807, 2.05) is 20.8 Å². The Kier molecular flexibility index (Phi) is 7.05. The number of H-pyrrole nitrogens is 1. The summed E-state index contributed by atoms with van der Waals surface area (Å²) in [5.41, 5.74) is 0.311. The first-order valence-electron chi connectivity index (χ1n) is 8.59. The average molecular weight is 393 g/mol. The molecule has 1 aromatic carbocycles. The molecule has 1 heterocycles. The molecule has 0 aliphatic heterocycles. The van der Waals surface area contributed by atoms with Crippen molar-refractivity contribution in [2.45, 2.75) is 39.5 Å². The van der Waals surface area contributed by atoms with E-state index < -0.39 is 4.92 Å². The molecule has 2 aromatic rings. The van der Waals surface area contributed by atoms with Gasteiger partial charge in [0.25, 0.3) is 0 Å². The lowest BCUT2D eigenvalue weighted by Gasteiger charge is -2.11. The van der Waals surface area contributed by atoms with E-state index in [4.69, 9.17) is 21.7 Å². The van der Waals surface area contributed by atoms with Crippen molar-refractivity contribution in [3.8, 4) is 11.5 Å². The molecule has 2 rings (SSSR count). The summed E-state index contributed by atoms with van der Waals surface area (Å²) in [5, 5.41) is 22.6.